The van der Waals surface area contributed by atoms with E-state index in [-0.39, 0.29) is 6.42 Å². The lowest BCUT2D eigenvalue weighted by molar-refractivity contribution is -0.136. The van der Waals surface area contributed by atoms with E-state index in [1.807, 2.05) is 0 Å². The molecule has 0 aliphatic rings. The summed E-state index contributed by atoms with van der Waals surface area (Å²) in [6.45, 7) is 0. The van der Waals surface area contributed by atoms with E-state index >= 15 is 0 Å². The molecule has 0 aliphatic heterocycles. The van der Waals surface area contributed by atoms with Crippen LogP contribution in [0.3, 0.4) is 0 Å². The van der Waals surface area contributed by atoms with Crippen LogP contribution in [0, 0.1) is 0 Å². The minimum atomic E-state index is -0.938. The number of hydrogen-bond acceptors (Lipinski definition) is 2. The smallest absolute Gasteiger partial charge is 0.309 e. The third kappa shape index (κ3) is 1.67. The molecule has 0 bridgehead atoms. The Labute approximate surface area is 63.1 Å². The van der Waals surface area contributed by atoms with Crippen LogP contribution in [-0.4, -0.2) is 22.1 Å². The van der Waals surface area contributed by atoms with E-state index in [0.717, 1.165) is 0 Å². The zero-order chi connectivity index (χ0) is 8.27. The molecule has 0 saturated carbocycles. The molecule has 0 unspecified atom stereocenters. The quantitative estimate of drug-likeness (QED) is 0.629. The summed E-state index contributed by atoms with van der Waals surface area (Å²) in [5.74, 6) is -0.938. The maximum absolute atomic E-state index is 10.2. The first-order chi connectivity index (χ1) is 5.24. The van der Waals surface area contributed by atoms with E-state index in [4.69, 9.17) is 5.11 Å². The summed E-state index contributed by atoms with van der Waals surface area (Å²) in [6.07, 6.45) is 1.98. The molecule has 58 valence electrons. The van der Waals surface area contributed by atoms with Crippen molar-refractivity contribution in [3.05, 3.63) is 24.0 Å². The van der Waals surface area contributed by atoms with Crippen LogP contribution >= 0.6 is 0 Å². The number of carboxylic acids is 1. The Bertz CT molecular complexity index is 277. The van der Waals surface area contributed by atoms with Gasteiger partial charge in [0.15, 0.2) is 0 Å². The van der Waals surface area contributed by atoms with Gasteiger partial charge in [-0.05, 0) is 12.1 Å². The van der Waals surface area contributed by atoms with Crippen LogP contribution < -0.4 is 0 Å². The third-order valence-electron chi connectivity index (χ3n) is 1.31. The lowest BCUT2D eigenvalue weighted by atomic mass is 10.3. The standard InChI is InChI=1S/C7H7NO3/c9-5-8-3-1-2-6(8)4-7(10)11/h1-3,5H,4H2,(H,10,11). The number of aromatic nitrogens is 1. The molecule has 11 heavy (non-hydrogen) atoms. The molecule has 4 nitrogen and oxygen atoms in total. The van der Waals surface area contributed by atoms with Crippen molar-refractivity contribution in [1.82, 2.24) is 4.57 Å². The van der Waals surface area contributed by atoms with E-state index in [1.165, 1.54) is 10.8 Å². The topological polar surface area (TPSA) is 59.3 Å². The normalized spacial score (nSPS) is 9.45. The first kappa shape index (κ1) is 7.53. The largest absolute Gasteiger partial charge is 0.481 e. The maximum atomic E-state index is 10.2. The van der Waals surface area contributed by atoms with Crippen LogP contribution in [0.4, 0.5) is 0 Å². The lowest BCUT2D eigenvalue weighted by Gasteiger charge is -1.95. The molecule has 0 spiro atoms. The highest BCUT2D eigenvalue weighted by Gasteiger charge is 2.03. The van der Waals surface area contributed by atoms with Crippen LogP contribution in [0.1, 0.15) is 5.69 Å². The summed E-state index contributed by atoms with van der Waals surface area (Å²) in [6, 6.07) is 3.23. The Morgan fingerprint density at radius 2 is 2.45 bits per heavy atom. The molecule has 1 N–H and O–H groups in total. The minimum Gasteiger partial charge on any atom is -0.481 e. The molecule has 1 aromatic heterocycles. The van der Waals surface area contributed by atoms with Gasteiger partial charge in [0.05, 0.1) is 6.42 Å². The van der Waals surface area contributed by atoms with Crippen LogP contribution in [0.25, 0.3) is 0 Å². The molecule has 0 aliphatic carbocycles. The Morgan fingerprint density at radius 1 is 1.73 bits per heavy atom. The average molecular weight is 153 g/mol. The second kappa shape index (κ2) is 3.01. The van der Waals surface area contributed by atoms with Gasteiger partial charge in [0.1, 0.15) is 0 Å². The van der Waals surface area contributed by atoms with Crippen LogP contribution in [0.5, 0.6) is 0 Å². The molecule has 0 saturated heterocycles. The molecule has 0 aromatic carbocycles. The summed E-state index contributed by atoms with van der Waals surface area (Å²) in [4.78, 5) is 20.4. The van der Waals surface area contributed by atoms with Gasteiger partial charge in [0.2, 0.25) is 6.41 Å². The van der Waals surface area contributed by atoms with Crippen molar-refractivity contribution in [2.24, 2.45) is 0 Å². The fourth-order valence-corrected chi connectivity index (χ4v) is 0.837. The second-order valence-electron chi connectivity index (χ2n) is 2.08. The average Bonchev–Trinajstić information content (AvgIpc) is 2.34. The zero-order valence-corrected chi connectivity index (χ0v) is 5.73. The van der Waals surface area contributed by atoms with Gasteiger partial charge in [-0.15, -0.1) is 0 Å². The molecule has 1 aromatic rings. The van der Waals surface area contributed by atoms with Crippen molar-refractivity contribution >= 4 is 12.4 Å². The molecular weight excluding hydrogens is 146 g/mol. The first-order valence-electron chi connectivity index (χ1n) is 3.07. The molecule has 1 heterocycles. The van der Waals surface area contributed by atoms with E-state index in [0.29, 0.717) is 12.1 Å². The number of carboxylic acid groups (broad SMARTS) is 1. The summed E-state index contributed by atoms with van der Waals surface area (Å²) in [5, 5.41) is 8.38. The van der Waals surface area contributed by atoms with Crippen LogP contribution in [0.2, 0.25) is 0 Å². The van der Waals surface area contributed by atoms with Crippen molar-refractivity contribution in [1.29, 1.82) is 0 Å². The fraction of sp³-hybridized carbons (Fsp3) is 0.143. The second-order valence-corrected chi connectivity index (χ2v) is 2.08. The summed E-state index contributed by atoms with van der Waals surface area (Å²) >= 11 is 0. The van der Waals surface area contributed by atoms with Crippen molar-refractivity contribution in [3.63, 3.8) is 0 Å². The van der Waals surface area contributed by atoms with E-state index in [2.05, 4.69) is 0 Å². The lowest BCUT2D eigenvalue weighted by Crippen LogP contribution is -2.06. The fourth-order valence-electron chi connectivity index (χ4n) is 0.837. The first-order valence-corrected chi connectivity index (χ1v) is 3.07. The molecule has 0 amide bonds. The molecule has 0 atom stereocenters. The van der Waals surface area contributed by atoms with E-state index in [1.54, 1.807) is 12.1 Å². The van der Waals surface area contributed by atoms with Gasteiger partial charge in [-0.1, -0.05) is 0 Å². The van der Waals surface area contributed by atoms with Gasteiger partial charge < -0.3 is 5.11 Å². The number of carbonyl (C=O) groups is 2. The Balaban J connectivity index is 2.84. The van der Waals surface area contributed by atoms with Gasteiger partial charge in [-0.2, -0.15) is 0 Å². The zero-order valence-electron chi connectivity index (χ0n) is 5.73. The molecular formula is C7H7NO3. The monoisotopic (exact) mass is 153 g/mol. The van der Waals surface area contributed by atoms with Crippen molar-refractivity contribution in [2.75, 3.05) is 0 Å². The number of aliphatic carboxylic acids is 1. The highest BCUT2D eigenvalue weighted by molar-refractivity contribution is 5.71. The van der Waals surface area contributed by atoms with Gasteiger partial charge in [-0.25, -0.2) is 0 Å². The predicted molar refractivity (Wildman–Crippen MR) is 37.9 cm³/mol. The van der Waals surface area contributed by atoms with Gasteiger partial charge in [0, 0.05) is 11.9 Å². The predicted octanol–water partition coefficient (Wildman–Crippen LogP) is 0.153. The number of hydrogen-bond donors (Lipinski definition) is 1. The SMILES string of the molecule is O=Cn1cccc1CC(=O)O. The summed E-state index contributed by atoms with van der Waals surface area (Å²) < 4.78 is 1.24. The minimum absolute atomic E-state index is 0.119. The van der Waals surface area contributed by atoms with Gasteiger partial charge >= 0.3 is 5.97 Å². The Morgan fingerprint density at radius 3 is 3.00 bits per heavy atom. The van der Waals surface area contributed by atoms with Crippen molar-refractivity contribution < 1.29 is 14.7 Å². The van der Waals surface area contributed by atoms with E-state index < -0.39 is 5.97 Å². The highest BCUT2D eigenvalue weighted by atomic mass is 16.4. The Kier molecular flexibility index (Phi) is 2.06. The molecule has 0 fully saturated rings. The van der Waals surface area contributed by atoms with Crippen LogP contribution in [0.15, 0.2) is 18.3 Å². The molecule has 0 radical (unpaired) electrons. The Hall–Kier alpha value is -1.58. The number of rotatable bonds is 3. The molecule has 4 heteroatoms. The summed E-state index contributed by atoms with van der Waals surface area (Å²) in [7, 11) is 0. The van der Waals surface area contributed by atoms with E-state index in [9.17, 15) is 9.59 Å². The number of nitrogens with zero attached hydrogens (tertiary/aromatic N) is 1. The van der Waals surface area contributed by atoms with Crippen molar-refractivity contribution in [2.45, 2.75) is 6.42 Å². The van der Waals surface area contributed by atoms with Crippen molar-refractivity contribution in [3.8, 4) is 0 Å². The van der Waals surface area contributed by atoms with Gasteiger partial charge in [0.25, 0.3) is 0 Å². The third-order valence-corrected chi connectivity index (χ3v) is 1.31. The molecule has 1 rings (SSSR count). The summed E-state index contributed by atoms with van der Waals surface area (Å²) in [5.41, 5.74) is 0.493. The van der Waals surface area contributed by atoms with Crippen LogP contribution in [-0.2, 0) is 16.0 Å². The highest BCUT2D eigenvalue weighted by Crippen LogP contribution is 1.99. The maximum Gasteiger partial charge on any atom is 0.309 e. The van der Waals surface area contributed by atoms with Gasteiger partial charge in [-0.3, -0.25) is 14.2 Å². The number of carbonyl (C=O) groups excluding carboxylic acids is 1.